The van der Waals surface area contributed by atoms with Crippen molar-refractivity contribution in [3.63, 3.8) is 0 Å². The lowest BCUT2D eigenvalue weighted by molar-refractivity contribution is 0.0936. The summed E-state index contributed by atoms with van der Waals surface area (Å²) >= 11 is 1.24. The Kier molecular flexibility index (Phi) is 4.66. The summed E-state index contributed by atoms with van der Waals surface area (Å²) < 4.78 is 0. The minimum Gasteiger partial charge on any atom is -0.353 e. The first-order valence-corrected chi connectivity index (χ1v) is 8.38. The molecule has 1 N–H and O–H groups in total. The molecule has 0 bridgehead atoms. The third-order valence-electron chi connectivity index (χ3n) is 3.81. The van der Waals surface area contributed by atoms with Crippen LogP contribution in [0.5, 0.6) is 0 Å². The molecule has 0 radical (unpaired) electrons. The highest BCUT2D eigenvalue weighted by molar-refractivity contribution is 7.15. The standard InChI is InChI=1S/C16H18N4O2S/c1-11(21)13-4-5-14(23-13)16(22)19-12-3-2-8-20(10-12)15-9-17-6-7-18-15/h4-7,9,12H,2-3,8,10H2,1H3,(H,19,22)/t12-/m0/s1. The molecular weight excluding hydrogens is 312 g/mol. The van der Waals surface area contributed by atoms with E-state index in [1.54, 1.807) is 30.7 Å². The van der Waals surface area contributed by atoms with Crippen LogP contribution < -0.4 is 10.2 Å². The van der Waals surface area contributed by atoms with Crippen molar-refractivity contribution in [1.82, 2.24) is 15.3 Å². The number of anilines is 1. The fourth-order valence-corrected chi connectivity index (χ4v) is 3.47. The van der Waals surface area contributed by atoms with E-state index in [9.17, 15) is 9.59 Å². The minimum absolute atomic E-state index is 0.0134. The lowest BCUT2D eigenvalue weighted by Gasteiger charge is -2.33. The Labute approximate surface area is 138 Å². The summed E-state index contributed by atoms with van der Waals surface area (Å²) in [6, 6.07) is 3.48. The van der Waals surface area contributed by atoms with Gasteiger partial charge in [0.25, 0.3) is 5.91 Å². The smallest absolute Gasteiger partial charge is 0.261 e. The number of carbonyl (C=O) groups is 2. The van der Waals surface area contributed by atoms with E-state index in [1.165, 1.54) is 18.3 Å². The molecule has 2 aromatic heterocycles. The second-order valence-corrected chi connectivity index (χ2v) is 6.63. The Morgan fingerprint density at radius 3 is 2.83 bits per heavy atom. The van der Waals surface area contributed by atoms with Crippen molar-refractivity contribution in [2.24, 2.45) is 0 Å². The highest BCUT2D eigenvalue weighted by Crippen LogP contribution is 2.19. The van der Waals surface area contributed by atoms with Gasteiger partial charge in [-0.3, -0.25) is 14.6 Å². The third kappa shape index (κ3) is 3.73. The second-order valence-electron chi connectivity index (χ2n) is 5.54. The zero-order chi connectivity index (χ0) is 16.2. The summed E-state index contributed by atoms with van der Waals surface area (Å²) in [6.45, 7) is 3.14. The van der Waals surface area contributed by atoms with Gasteiger partial charge < -0.3 is 10.2 Å². The number of Topliss-reactive ketones (excluding diaryl/α,β-unsaturated/α-hetero) is 1. The molecule has 1 amide bonds. The molecule has 0 aromatic carbocycles. The Morgan fingerprint density at radius 2 is 2.13 bits per heavy atom. The van der Waals surface area contributed by atoms with Gasteiger partial charge in [-0.15, -0.1) is 11.3 Å². The molecule has 7 heteroatoms. The summed E-state index contributed by atoms with van der Waals surface area (Å²) in [5.41, 5.74) is 0. The van der Waals surface area contributed by atoms with E-state index in [0.29, 0.717) is 9.75 Å². The molecule has 2 aromatic rings. The maximum Gasteiger partial charge on any atom is 0.261 e. The van der Waals surface area contributed by atoms with E-state index in [-0.39, 0.29) is 17.7 Å². The number of aromatic nitrogens is 2. The minimum atomic E-state index is -0.117. The number of carbonyl (C=O) groups excluding carboxylic acids is 2. The SMILES string of the molecule is CC(=O)c1ccc(C(=O)N[C@H]2CCCN(c3cnccn3)C2)s1. The van der Waals surface area contributed by atoms with E-state index in [1.807, 2.05) is 0 Å². The van der Waals surface area contributed by atoms with Crippen molar-refractivity contribution >= 4 is 28.8 Å². The fraction of sp³-hybridized carbons (Fsp3) is 0.375. The average Bonchev–Trinajstić information content (AvgIpc) is 3.06. The van der Waals surface area contributed by atoms with Crippen LogP contribution in [0.25, 0.3) is 0 Å². The maximum atomic E-state index is 12.3. The van der Waals surface area contributed by atoms with Crippen LogP contribution in [0.15, 0.2) is 30.7 Å². The number of amides is 1. The van der Waals surface area contributed by atoms with Gasteiger partial charge in [-0.25, -0.2) is 4.98 Å². The number of nitrogens with one attached hydrogen (secondary N) is 1. The van der Waals surface area contributed by atoms with Crippen LogP contribution in [0.2, 0.25) is 0 Å². The van der Waals surface area contributed by atoms with Gasteiger partial charge in [0.15, 0.2) is 5.78 Å². The van der Waals surface area contributed by atoms with Crippen LogP contribution in [0.4, 0.5) is 5.82 Å². The summed E-state index contributed by atoms with van der Waals surface area (Å²) in [6.07, 6.45) is 6.99. The van der Waals surface area contributed by atoms with Crippen molar-refractivity contribution in [3.8, 4) is 0 Å². The number of piperidine rings is 1. The second kappa shape index (κ2) is 6.87. The van der Waals surface area contributed by atoms with Crippen molar-refractivity contribution in [2.45, 2.75) is 25.8 Å². The summed E-state index contributed by atoms with van der Waals surface area (Å²) in [5, 5.41) is 3.06. The van der Waals surface area contributed by atoms with Gasteiger partial charge in [0.1, 0.15) is 5.82 Å². The highest BCUT2D eigenvalue weighted by atomic mass is 32.1. The van der Waals surface area contributed by atoms with Crippen LogP contribution in [-0.4, -0.2) is 40.8 Å². The number of hydrogen-bond donors (Lipinski definition) is 1. The first-order chi connectivity index (χ1) is 11.1. The Balaban J connectivity index is 1.63. The number of nitrogens with zero attached hydrogens (tertiary/aromatic N) is 3. The summed E-state index contributed by atoms with van der Waals surface area (Å²) in [7, 11) is 0. The van der Waals surface area contributed by atoms with Crippen molar-refractivity contribution in [1.29, 1.82) is 0 Å². The molecule has 0 aliphatic carbocycles. The van der Waals surface area contributed by atoms with Crippen molar-refractivity contribution in [2.75, 3.05) is 18.0 Å². The van der Waals surface area contributed by atoms with Gasteiger partial charge >= 0.3 is 0 Å². The molecule has 1 aliphatic heterocycles. The predicted octanol–water partition coefficient (Wildman–Crippen LogP) is 2.14. The quantitative estimate of drug-likeness (QED) is 0.869. The molecule has 0 spiro atoms. The molecule has 3 rings (SSSR count). The van der Waals surface area contributed by atoms with Crippen LogP contribution in [0, 0.1) is 0 Å². The predicted molar refractivity (Wildman–Crippen MR) is 89.1 cm³/mol. The van der Waals surface area contributed by atoms with E-state index >= 15 is 0 Å². The van der Waals surface area contributed by atoms with Gasteiger partial charge in [0, 0.05) is 31.5 Å². The molecule has 1 saturated heterocycles. The van der Waals surface area contributed by atoms with Gasteiger partial charge in [0.2, 0.25) is 0 Å². The van der Waals surface area contributed by atoms with Crippen LogP contribution in [0.3, 0.4) is 0 Å². The highest BCUT2D eigenvalue weighted by Gasteiger charge is 2.23. The molecule has 1 aliphatic rings. The zero-order valence-electron chi connectivity index (χ0n) is 12.9. The van der Waals surface area contributed by atoms with Crippen molar-refractivity contribution in [3.05, 3.63) is 40.5 Å². The number of thiophene rings is 1. The van der Waals surface area contributed by atoms with E-state index in [2.05, 4.69) is 20.2 Å². The van der Waals surface area contributed by atoms with Gasteiger partial charge in [-0.2, -0.15) is 0 Å². The molecule has 1 atom stereocenters. The molecule has 0 saturated carbocycles. The van der Waals surface area contributed by atoms with E-state index < -0.39 is 0 Å². The molecule has 0 unspecified atom stereocenters. The van der Waals surface area contributed by atoms with Gasteiger partial charge in [-0.05, 0) is 31.9 Å². The Morgan fingerprint density at radius 1 is 1.30 bits per heavy atom. The first-order valence-electron chi connectivity index (χ1n) is 7.56. The van der Waals surface area contributed by atoms with Crippen LogP contribution in [0.1, 0.15) is 39.1 Å². The van der Waals surface area contributed by atoms with Gasteiger partial charge in [0.05, 0.1) is 16.0 Å². The van der Waals surface area contributed by atoms with E-state index in [4.69, 9.17) is 0 Å². The third-order valence-corrected chi connectivity index (χ3v) is 4.99. The average molecular weight is 330 g/mol. The largest absolute Gasteiger partial charge is 0.353 e. The van der Waals surface area contributed by atoms with E-state index in [0.717, 1.165) is 31.7 Å². The molecule has 1 fully saturated rings. The fourth-order valence-electron chi connectivity index (χ4n) is 2.66. The van der Waals surface area contributed by atoms with Crippen LogP contribution in [-0.2, 0) is 0 Å². The Hall–Kier alpha value is -2.28. The molecule has 23 heavy (non-hydrogen) atoms. The number of rotatable bonds is 4. The lowest BCUT2D eigenvalue weighted by atomic mass is 10.1. The molecule has 120 valence electrons. The summed E-state index contributed by atoms with van der Waals surface area (Å²) in [5.74, 6) is 0.704. The topological polar surface area (TPSA) is 75.2 Å². The molecule has 3 heterocycles. The zero-order valence-corrected chi connectivity index (χ0v) is 13.7. The number of hydrogen-bond acceptors (Lipinski definition) is 6. The Bertz CT molecular complexity index is 701. The maximum absolute atomic E-state index is 12.3. The summed E-state index contributed by atoms with van der Waals surface area (Å²) in [4.78, 5) is 35.4. The molecular formula is C16H18N4O2S. The molecule has 6 nitrogen and oxygen atoms in total. The normalized spacial score (nSPS) is 17.8. The van der Waals surface area contributed by atoms with Crippen LogP contribution >= 0.6 is 11.3 Å². The monoisotopic (exact) mass is 330 g/mol. The lowest BCUT2D eigenvalue weighted by Crippen LogP contribution is -2.48. The first kappa shape index (κ1) is 15.6. The van der Waals surface area contributed by atoms with Gasteiger partial charge in [-0.1, -0.05) is 0 Å². The number of ketones is 1. The van der Waals surface area contributed by atoms with Crippen molar-refractivity contribution < 1.29 is 9.59 Å².